The number of nitrogens with zero attached hydrogens (tertiary/aromatic N) is 1. The van der Waals surface area contributed by atoms with Gasteiger partial charge in [-0.15, -0.1) is 0 Å². The predicted octanol–water partition coefficient (Wildman–Crippen LogP) is 0.881. The molecule has 2 rings (SSSR count). The van der Waals surface area contributed by atoms with Crippen LogP contribution < -0.4 is 10.6 Å². The van der Waals surface area contributed by atoms with Crippen molar-refractivity contribution in [1.29, 1.82) is 0 Å². The van der Waals surface area contributed by atoms with E-state index in [0.717, 1.165) is 37.2 Å². The summed E-state index contributed by atoms with van der Waals surface area (Å²) < 4.78 is 0. The van der Waals surface area contributed by atoms with Gasteiger partial charge in [-0.25, -0.2) is 0 Å². The number of piperidine rings is 1. The summed E-state index contributed by atoms with van der Waals surface area (Å²) in [5.41, 5.74) is 7.36. The van der Waals surface area contributed by atoms with Crippen LogP contribution in [0.5, 0.6) is 0 Å². The van der Waals surface area contributed by atoms with Crippen molar-refractivity contribution in [2.24, 2.45) is 11.7 Å². The number of primary amides is 1. The van der Waals surface area contributed by atoms with Gasteiger partial charge >= 0.3 is 0 Å². The number of carbonyl (C=O) groups excluding carboxylic acids is 1. The van der Waals surface area contributed by atoms with Crippen LogP contribution in [0.15, 0.2) is 24.3 Å². The van der Waals surface area contributed by atoms with Gasteiger partial charge in [-0.05, 0) is 30.5 Å². The molecule has 4 heteroatoms. The highest BCUT2D eigenvalue weighted by molar-refractivity contribution is 5.77. The Morgan fingerprint density at radius 3 is 2.35 bits per heavy atom. The van der Waals surface area contributed by atoms with Crippen LogP contribution in [0.25, 0.3) is 0 Å². The third kappa shape index (κ3) is 2.77. The molecule has 0 saturated carbocycles. The Morgan fingerprint density at radius 2 is 1.88 bits per heavy atom. The zero-order chi connectivity index (χ0) is 12.3. The average molecular weight is 234 g/mol. The smallest absolute Gasteiger partial charge is 0.220 e. The average Bonchev–Trinajstić information content (AvgIpc) is 2.39. The van der Waals surface area contributed by atoms with Gasteiger partial charge in [-0.1, -0.05) is 12.1 Å². The van der Waals surface area contributed by atoms with Gasteiger partial charge in [0.25, 0.3) is 0 Å². The van der Waals surface area contributed by atoms with Gasteiger partial charge in [0.2, 0.25) is 5.91 Å². The van der Waals surface area contributed by atoms with Gasteiger partial charge < -0.3 is 15.7 Å². The Hall–Kier alpha value is -1.55. The number of carbonyl (C=O) groups is 1. The molecule has 0 radical (unpaired) electrons. The number of hydrogen-bond donors (Lipinski definition) is 2. The minimum absolute atomic E-state index is 0.0305. The van der Waals surface area contributed by atoms with E-state index in [9.17, 15) is 4.79 Å². The van der Waals surface area contributed by atoms with Crippen molar-refractivity contribution in [1.82, 2.24) is 0 Å². The molecular formula is C13H18N2O2. The maximum atomic E-state index is 11.1. The molecule has 1 heterocycles. The molecule has 3 N–H and O–H groups in total. The molecular weight excluding hydrogens is 216 g/mol. The topological polar surface area (TPSA) is 66.6 Å². The van der Waals surface area contributed by atoms with Crippen LogP contribution >= 0.6 is 0 Å². The van der Waals surface area contributed by atoms with E-state index >= 15 is 0 Å². The minimum Gasteiger partial charge on any atom is -0.392 e. The second-order valence-electron chi connectivity index (χ2n) is 4.49. The quantitative estimate of drug-likeness (QED) is 0.816. The van der Waals surface area contributed by atoms with Crippen LogP contribution in [0.2, 0.25) is 0 Å². The van der Waals surface area contributed by atoms with E-state index in [1.807, 2.05) is 24.3 Å². The van der Waals surface area contributed by atoms with Gasteiger partial charge in [0, 0.05) is 24.7 Å². The van der Waals surface area contributed by atoms with Crippen molar-refractivity contribution < 1.29 is 9.90 Å². The third-order valence-electron chi connectivity index (χ3n) is 3.38. The van der Waals surface area contributed by atoms with Crippen molar-refractivity contribution >= 4 is 11.6 Å². The van der Waals surface area contributed by atoms with Gasteiger partial charge in [0.1, 0.15) is 0 Å². The first-order valence-electron chi connectivity index (χ1n) is 5.95. The number of nitrogens with two attached hydrogens (primary N) is 1. The zero-order valence-corrected chi connectivity index (χ0v) is 9.80. The van der Waals surface area contributed by atoms with E-state index < -0.39 is 0 Å². The molecule has 0 aromatic heterocycles. The molecule has 1 aliphatic rings. The van der Waals surface area contributed by atoms with Crippen molar-refractivity contribution in [3.63, 3.8) is 0 Å². The number of benzene rings is 1. The van der Waals surface area contributed by atoms with Gasteiger partial charge in [0.15, 0.2) is 0 Å². The van der Waals surface area contributed by atoms with Crippen LogP contribution in [0, 0.1) is 5.92 Å². The number of amides is 1. The highest BCUT2D eigenvalue weighted by Gasteiger charge is 2.22. The molecule has 0 spiro atoms. The predicted molar refractivity (Wildman–Crippen MR) is 66.5 cm³/mol. The van der Waals surface area contributed by atoms with E-state index in [2.05, 4.69) is 4.90 Å². The molecule has 0 atom stereocenters. The first-order valence-corrected chi connectivity index (χ1v) is 5.95. The molecule has 1 aromatic carbocycles. The maximum Gasteiger partial charge on any atom is 0.220 e. The van der Waals surface area contributed by atoms with Crippen LogP contribution in [-0.2, 0) is 11.4 Å². The molecule has 1 aromatic rings. The standard InChI is InChI=1S/C13H18N2O2/c14-13(17)11-5-7-15(8-6-11)12-3-1-10(9-16)2-4-12/h1-4,11,16H,5-9H2,(H2,14,17). The monoisotopic (exact) mass is 234 g/mol. The second-order valence-corrected chi connectivity index (χ2v) is 4.49. The normalized spacial score (nSPS) is 17.1. The van der Waals surface area contributed by atoms with E-state index in [1.165, 1.54) is 0 Å². The highest BCUT2D eigenvalue weighted by Crippen LogP contribution is 2.23. The van der Waals surface area contributed by atoms with E-state index in [4.69, 9.17) is 10.8 Å². The van der Waals surface area contributed by atoms with Crippen LogP contribution in [0.1, 0.15) is 18.4 Å². The van der Waals surface area contributed by atoms with Crippen molar-refractivity contribution in [3.8, 4) is 0 Å². The summed E-state index contributed by atoms with van der Waals surface area (Å²) >= 11 is 0. The van der Waals surface area contributed by atoms with E-state index in [0.29, 0.717) is 0 Å². The molecule has 4 nitrogen and oxygen atoms in total. The fourth-order valence-electron chi connectivity index (χ4n) is 2.23. The highest BCUT2D eigenvalue weighted by atomic mass is 16.3. The summed E-state index contributed by atoms with van der Waals surface area (Å²) in [6.07, 6.45) is 1.66. The van der Waals surface area contributed by atoms with E-state index in [-0.39, 0.29) is 18.4 Å². The Bertz CT molecular complexity index is 381. The fourth-order valence-corrected chi connectivity index (χ4v) is 2.23. The van der Waals surface area contributed by atoms with Crippen LogP contribution in [-0.4, -0.2) is 24.1 Å². The second kappa shape index (κ2) is 5.19. The first kappa shape index (κ1) is 11.9. The summed E-state index contributed by atoms with van der Waals surface area (Å²) in [7, 11) is 0. The Labute approximate surface area is 101 Å². The van der Waals surface area contributed by atoms with Gasteiger partial charge in [0.05, 0.1) is 6.61 Å². The Balaban J connectivity index is 1.97. The summed E-state index contributed by atoms with van der Waals surface area (Å²) in [5, 5.41) is 8.97. The minimum atomic E-state index is -0.180. The van der Waals surface area contributed by atoms with Crippen molar-refractivity contribution in [3.05, 3.63) is 29.8 Å². The molecule has 1 fully saturated rings. The molecule has 1 aliphatic heterocycles. The van der Waals surface area contributed by atoms with Gasteiger partial charge in [-0.3, -0.25) is 4.79 Å². The lowest BCUT2D eigenvalue weighted by molar-refractivity contribution is -0.122. The number of anilines is 1. The van der Waals surface area contributed by atoms with E-state index in [1.54, 1.807) is 0 Å². The lowest BCUT2D eigenvalue weighted by atomic mass is 9.96. The fraction of sp³-hybridized carbons (Fsp3) is 0.462. The number of aliphatic hydroxyl groups excluding tert-OH is 1. The molecule has 1 saturated heterocycles. The summed E-state index contributed by atoms with van der Waals surface area (Å²) in [5.74, 6) is -0.150. The first-order chi connectivity index (χ1) is 8.20. The van der Waals surface area contributed by atoms with Crippen molar-refractivity contribution in [2.45, 2.75) is 19.4 Å². The third-order valence-corrected chi connectivity index (χ3v) is 3.38. The lowest BCUT2D eigenvalue weighted by Gasteiger charge is -2.32. The molecule has 92 valence electrons. The summed E-state index contributed by atoms with van der Waals surface area (Å²) in [6, 6.07) is 7.87. The molecule has 0 aliphatic carbocycles. The largest absolute Gasteiger partial charge is 0.392 e. The number of aliphatic hydroxyl groups is 1. The maximum absolute atomic E-state index is 11.1. The number of hydrogen-bond acceptors (Lipinski definition) is 3. The Morgan fingerprint density at radius 1 is 1.29 bits per heavy atom. The van der Waals surface area contributed by atoms with Crippen LogP contribution in [0.4, 0.5) is 5.69 Å². The molecule has 1 amide bonds. The molecule has 0 unspecified atom stereocenters. The Kier molecular flexibility index (Phi) is 3.64. The SMILES string of the molecule is NC(=O)C1CCN(c2ccc(CO)cc2)CC1. The zero-order valence-electron chi connectivity index (χ0n) is 9.80. The molecule has 17 heavy (non-hydrogen) atoms. The summed E-state index contributed by atoms with van der Waals surface area (Å²) in [4.78, 5) is 13.3. The lowest BCUT2D eigenvalue weighted by Crippen LogP contribution is -2.38. The van der Waals surface area contributed by atoms with Gasteiger partial charge in [-0.2, -0.15) is 0 Å². The number of rotatable bonds is 3. The van der Waals surface area contributed by atoms with Crippen molar-refractivity contribution in [2.75, 3.05) is 18.0 Å². The van der Waals surface area contributed by atoms with Crippen LogP contribution in [0.3, 0.4) is 0 Å². The molecule has 0 bridgehead atoms. The summed E-state index contributed by atoms with van der Waals surface area (Å²) in [6.45, 7) is 1.81.